The van der Waals surface area contributed by atoms with Crippen LogP contribution >= 0.6 is 0 Å². The first-order valence-electron chi connectivity index (χ1n) is 5.72. The van der Waals surface area contributed by atoms with Crippen molar-refractivity contribution < 1.29 is 9.53 Å². The Bertz CT molecular complexity index is 386. The standard InChI is InChI=1S/C13H19NO2/c1-4-9-7-8-11(13(15)16-6-3)12(14)10(9)5-2/h7-8H,4-6,14H2,1-3H3. The van der Waals surface area contributed by atoms with Crippen molar-refractivity contribution in [3.63, 3.8) is 0 Å². The molecule has 0 aliphatic carbocycles. The van der Waals surface area contributed by atoms with E-state index in [1.807, 2.05) is 13.0 Å². The summed E-state index contributed by atoms with van der Waals surface area (Å²) in [4.78, 5) is 11.6. The van der Waals surface area contributed by atoms with Crippen LogP contribution in [0.5, 0.6) is 0 Å². The molecule has 3 heteroatoms. The van der Waals surface area contributed by atoms with Crippen LogP contribution in [0.15, 0.2) is 12.1 Å². The number of aryl methyl sites for hydroxylation is 1. The normalized spacial score (nSPS) is 10.2. The number of carbonyl (C=O) groups is 1. The Kier molecular flexibility index (Phi) is 4.35. The van der Waals surface area contributed by atoms with E-state index in [1.54, 1.807) is 13.0 Å². The smallest absolute Gasteiger partial charge is 0.340 e. The van der Waals surface area contributed by atoms with Gasteiger partial charge in [-0.3, -0.25) is 0 Å². The number of anilines is 1. The summed E-state index contributed by atoms with van der Waals surface area (Å²) in [7, 11) is 0. The number of hydrogen-bond donors (Lipinski definition) is 1. The first-order chi connectivity index (χ1) is 7.65. The Morgan fingerprint density at radius 1 is 1.25 bits per heavy atom. The third-order valence-electron chi connectivity index (χ3n) is 2.68. The van der Waals surface area contributed by atoms with Crippen molar-refractivity contribution in [2.24, 2.45) is 0 Å². The van der Waals surface area contributed by atoms with Crippen LogP contribution < -0.4 is 5.73 Å². The minimum Gasteiger partial charge on any atom is -0.462 e. The number of nitrogen functional groups attached to an aromatic ring is 1. The summed E-state index contributed by atoms with van der Waals surface area (Å²) in [5.41, 5.74) is 9.32. The van der Waals surface area contributed by atoms with Gasteiger partial charge in [0.05, 0.1) is 12.2 Å². The number of benzene rings is 1. The fraction of sp³-hybridized carbons (Fsp3) is 0.462. The lowest BCUT2D eigenvalue weighted by atomic mass is 9.97. The van der Waals surface area contributed by atoms with Crippen LogP contribution in [0.2, 0.25) is 0 Å². The van der Waals surface area contributed by atoms with Gasteiger partial charge in [-0.25, -0.2) is 4.79 Å². The molecule has 0 saturated carbocycles. The number of hydrogen-bond acceptors (Lipinski definition) is 3. The summed E-state index contributed by atoms with van der Waals surface area (Å²) in [6, 6.07) is 3.72. The van der Waals surface area contributed by atoms with Crippen LogP contribution in [0.4, 0.5) is 5.69 Å². The van der Waals surface area contributed by atoms with Crippen molar-refractivity contribution in [1.29, 1.82) is 0 Å². The second-order valence-electron chi connectivity index (χ2n) is 3.59. The zero-order chi connectivity index (χ0) is 12.1. The van der Waals surface area contributed by atoms with Crippen molar-refractivity contribution in [2.45, 2.75) is 33.6 Å². The summed E-state index contributed by atoms with van der Waals surface area (Å²) < 4.78 is 4.96. The fourth-order valence-electron chi connectivity index (χ4n) is 1.85. The number of rotatable bonds is 4. The Morgan fingerprint density at radius 3 is 2.44 bits per heavy atom. The van der Waals surface area contributed by atoms with Crippen LogP contribution in [0.3, 0.4) is 0 Å². The molecule has 0 spiro atoms. The molecule has 0 saturated heterocycles. The summed E-state index contributed by atoms with van der Waals surface area (Å²) in [5.74, 6) is -0.336. The van der Waals surface area contributed by atoms with E-state index in [9.17, 15) is 4.79 Å². The molecule has 0 aliphatic rings. The van der Waals surface area contributed by atoms with Gasteiger partial charge in [-0.05, 0) is 37.0 Å². The van der Waals surface area contributed by atoms with Gasteiger partial charge < -0.3 is 10.5 Å². The second-order valence-corrected chi connectivity index (χ2v) is 3.59. The molecular weight excluding hydrogens is 202 g/mol. The highest BCUT2D eigenvalue weighted by Crippen LogP contribution is 2.23. The second kappa shape index (κ2) is 5.54. The Morgan fingerprint density at radius 2 is 1.94 bits per heavy atom. The number of nitrogens with two attached hydrogens (primary N) is 1. The first-order valence-corrected chi connectivity index (χ1v) is 5.72. The maximum atomic E-state index is 11.6. The molecule has 88 valence electrons. The molecule has 2 N–H and O–H groups in total. The average molecular weight is 221 g/mol. The average Bonchev–Trinajstić information content (AvgIpc) is 2.28. The molecular formula is C13H19NO2. The van der Waals surface area contributed by atoms with E-state index < -0.39 is 0 Å². The molecule has 1 rings (SSSR count). The third kappa shape index (κ3) is 2.35. The molecule has 0 amide bonds. The van der Waals surface area contributed by atoms with Gasteiger partial charge in [-0.2, -0.15) is 0 Å². The fourth-order valence-corrected chi connectivity index (χ4v) is 1.85. The minimum atomic E-state index is -0.336. The van der Waals surface area contributed by atoms with E-state index in [-0.39, 0.29) is 5.97 Å². The minimum absolute atomic E-state index is 0.336. The van der Waals surface area contributed by atoms with E-state index in [1.165, 1.54) is 5.56 Å². The monoisotopic (exact) mass is 221 g/mol. The molecule has 0 aliphatic heterocycles. The number of carbonyl (C=O) groups excluding carboxylic acids is 1. The van der Waals surface area contributed by atoms with Crippen LogP contribution in [0.25, 0.3) is 0 Å². The highest BCUT2D eigenvalue weighted by atomic mass is 16.5. The lowest BCUT2D eigenvalue weighted by Gasteiger charge is -2.13. The van der Waals surface area contributed by atoms with Crippen molar-refractivity contribution in [3.8, 4) is 0 Å². The molecule has 0 bridgehead atoms. The van der Waals surface area contributed by atoms with E-state index in [4.69, 9.17) is 10.5 Å². The van der Waals surface area contributed by atoms with Crippen molar-refractivity contribution in [1.82, 2.24) is 0 Å². The summed E-state index contributed by atoms with van der Waals surface area (Å²) in [6.07, 6.45) is 1.76. The zero-order valence-corrected chi connectivity index (χ0v) is 10.2. The molecule has 0 atom stereocenters. The van der Waals surface area contributed by atoms with Crippen LogP contribution in [-0.4, -0.2) is 12.6 Å². The molecule has 0 unspecified atom stereocenters. The first kappa shape index (κ1) is 12.6. The molecule has 0 radical (unpaired) electrons. The predicted octanol–water partition coefficient (Wildman–Crippen LogP) is 2.57. The SMILES string of the molecule is CCOC(=O)c1ccc(CC)c(CC)c1N. The predicted molar refractivity (Wildman–Crippen MR) is 65.6 cm³/mol. The van der Waals surface area contributed by atoms with Gasteiger partial charge in [-0.1, -0.05) is 19.9 Å². The zero-order valence-electron chi connectivity index (χ0n) is 10.2. The molecule has 1 aromatic carbocycles. The summed E-state index contributed by atoms with van der Waals surface area (Å²) in [6.45, 7) is 6.28. The molecule has 1 aromatic rings. The van der Waals surface area contributed by atoms with Crippen LogP contribution in [0.1, 0.15) is 42.3 Å². The number of ether oxygens (including phenoxy) is 1. The molecule has 0 fully saturated rings. The van der Waals surface area contributed by atoms with E-state index in [2.05, 4.69) is 6.92 Å². The van der Waals surface area contributed by atoms with E-state index in [0.29, 0.717) is 17.9 Å². The highest BCUT2D eigenvalue weighted by molar-refractivity contribution is 5.96. The van der Waals surface area contributed by atoms with Gasteiger partial charge in [-0.15, -0.1) is 0 Å². The van der Waals surface area contributed by atoms with Gasteiger partial charge in [0.15, 0.2) is 0 Å². The Balaban J connectivity index is 3.18. The van der Waals surface area contributed by atoms with Crippen molar-refractivity contribution in [2.75, 3.05) is 12.3 Å². The van der Waals surface area contributed by atoms with Gasteiger partial charge in [0.25, 0.3) is 0 Å². The lowest BCUT2D eigenvalue weighted by Crippen LogP contribution is -2.11. The summed E-state index contributed by atoms with van der Waals surface area (Å²) >= 11 is 0. The molecule has 0 aromatic heterocycles. The third-order valence-corrected chi connectivity index (χ3v) is 2.68. The van der Waals surface area contributed by atoms with E-state index in [0.717, 1.165) is 18.4 Å². The maximum Gasteiger partial charge on any atom is 0.340 e. The van der Waals surface area contributed by atoms with Gasteiger partial charge in [0.2, 0.25) is 0 Å². The quantitative estimate of drug-likeness (QED) is 0.628. The largest absolute Gasteiger partial charge is 0.462 e. The maximum absolute atomic E-state index is 11.6. The topological polar surface area (TPSA) is 52.3 Å². The van der Waals surface area contributed by atoms with Gasteiger partial charge in [0, 0.05) is 5.69 Å². The van der Waals surface area contributed by atoms with Gasteiger partial charge >= 0.3 is 5.97 Å². The molecule has 0 heterocycles. The van der Waals surface area contributed by atoms with Crippen molar-refractivity contribution >= 4 is 11.7 Å². The highest BCUT2D eigenvalue weighted by Gasteiger charge is 2.14. The van der Waals surface area contributed by atoms with Crippen LogP contribution in [-0.2, 0) is 17.6 Å². The summed E-state index contributed by atoms with van der Waals surface area (Å²) in [5, 5.41) is 0. The van der Waals surface area contributed by atoms with Gasteiger partial charge in [0.1, 0.15) is 0 Å². The Labute approximate surface area is 96.6 Å². The van der Waals surface area contributed by atoms with Crippen LogP contribution in [0, 0.1) is 0 Å². The molecule has 3 nitrogen and oxygen atoms in total. The van der Waals surface area contributed by atoms with Crippen molar-refractivity contribution in [3.05, 3.63) is 28.8 Å². The lowest BCUT2D eigenvalue weighted by molar-refractivity contribution is 0.0527. The van der Waals surface area contributed by atoms with E-state index >= 15 is 0 Å². The Hall–Kier alpha value is -1.51. The number of esters is 1. The molecule has 16 heavy (non-hydrogen) atoms.